The molecule has 0 aliphatic heterocycles. The summed E-state index contributed by atoms with van der Waals surface area (Å²) in [6, 6.07) is 12.0. The van der Waals surface area contributed by atoms with Crippen molar-refractivity contribution in [3.05, 3.63) is 48.5 Å². The minimum Gasteiger partial charge on any atom is -0.747 e. The number of hydrogen-bond donors (Lipinski definition) is 1. The van der Waals surface area contributed by atoms with Crippen molar-refractivity contribution in [1.82, 2.24) is 0 Å². The first kappa shape index (κ1) is 19.0. The fraction of sp³-hybridized carbons (Fsp3) is 0.143. The van der Waals surface area contributed by atoms with Gasteiger partial charge >= 0.3 is 0 Å². The van der Waals surface area contributed by atoms with Crippen LogP contribution in [0.15, 0.2) is 63.7 Å². The van der Waals surface area contributed by atoms with Crippen LogP contribution in [0.4, 0.5) is 17.1 Å². The average molecular weight is 383 g/mol. The molecule has 0 saturated heterocycles. The van der Waals surface area contributed by atoms with Crippen molar-refractivity contribution in [1.29, 1.82) is 0 Å². The van der Waals surface area contributed by atoms with Crippen LogP contribution in [0.3, 0.4) is 0 Å². The summed E-state index contributed by atoms with van der Waals surface area (Å²) < 4.78 is 54.6. The van der Waals surface area contributed by atoms with Crippen LogP contribution in [0, 0.1) is 0 Å². The van der Waals surface area contributed by atoms with Gasteiger partial charge in [-0.05, 0) is 48.5 Å². The lowest BCUT2D eigenvalue weighted by Crippen LogP contribution is -2.25. The third-order valence-corrected chi connectivity index (χ3v) is 4.72. The third-order valence-electron chi connectivity index (χ3n) is 3.09. The number of benzene rings is 2. The molecule has 9 nitrogen and oxygen atoms in total. The molecular formula is C14H15N4O5S2-. The van der Waals surface area contributed by atoms with Crippen molar-refractivity contribution in [3.63, 3.8) is 0 Å². The summed E-state index contributed by atoms with van der Waals surface area (Å²) in [7, 11) is -6.63. The number of rotatable bonds is 6. The normalized spacial score (nSPS) is 12.4. The highest BCUT2D eigenvalue weighted by Crippen LogP contribution is 2.22. The lowest BCUT2D eigenvalue weighted by atomic mass is 10.3. The van der Waals surface area contributed by atoms with Gasteiger partial charge in [0.05, 0.1) is 16.3 Å². The molecule has 25 heavy (non-hydrogen) atoms. The third kappa shape index (κ3) is 5.90. The summed E-state index contributed by atoms with van der Waals surface area (Å²) >= 11 is 0. The second-order valence-electron chi connectivity index (χ2n) is 5.14. The topological polar surface area (TPSA) is 145 Å². The van der Waals surface area contributed by atoms with Gasteiger partial charge in [-0.2, -0.15) is 10.2 Å². The summed E-state index contributed by atoms with van der Waals surface area (Å²) in [5.74, 6) is -0.635. The van der Waals surface area contributed by atoms with E-state index in [0.29, 0.717) is 17.1 Å². The highest BCUT2D eigenvalue weighted by Gasteiger charge is 2.07. The van der Waals surface area contributed by atoms with E-state index in [0.717, 1.165) is 0 Å². The van der Waals surface area contributed by atoms with Crippen molar-refractivity contribution in [2.45, 2.75) is 4.90 Å². The van der Waals surface area contributed by atoms with Gasteiger partial charge in [-0.25, -0.2) is 22.0 Å². The lowest BCUT2D eigenvalue weighted by Gasteiger charge is -2.20. The molecule has 0 radical (unpaired) electrons. The van der Waals surface area contributed by atoms with Gasteiger partial charge in [-0.1, -0.05) is 0 Å². The second-order valence-corrected chi connectivity index (χ2v) is 8.08. The molecule has 0 fully saturated rings. The molecule has 0 spiro atoms. The molecule has 2 rings (SSSR count). The van der Waals surface area contributed by atoms with Gasteiger partial charge in [-0.3, -0.25) is 0 Å². The molecule has 2 N–H and O–H groups in total. The zero-order valence-corrected chi connectivity index (χ0v) is 14.7. The summed E-state index contributed by atoms with van der Waals surface area (Å²) in [6.07, 6.45) is 0. The Morgan fingerprint density at radius 2 is 1.36 bits per heavy atom. The van der Waals surface area contributed by atoms with E-state index in [1.807, 2.05) is 0 Å². The fourth-order valence-corrected chi connectivity index (χ4v) is 3.04. The van der Waals surface area contributed by atoms with Crippen molar-refractivity contribution in [2.24, 2.45) is 15.4 Å². The minimum absolute atomic E-state index is 0.0211. The molecule has 0 atom stereocenters. The average Bonchev–Trinajstić information content (AvgIpc) is 2.51. The SMILES string of the molecule is CN(CS(=O)(=O)[O-])c1ccc(N=Nc2ccc(S(N)(=O)=O)cc2)cc1. The van der Waals surface area contributed by atoms with E-state index >= 15 is 0 Å². The quantitative estimate of drug-likeness (QED) is 0.593. The molecular weight excluding hydrogens is 368 g/mol. The maximum atomic E-state index is 11.2. The highest BCUT2D eigenvalue weighted by atomic mass is 32.2. The van der Waals surface area contributed by atoms with E-state index < -0.39 is 26.0 Å². The Morgan fingerprint density at radius 1 is 0.920 bits per heavy atom. The summed E-state index contributed by atoms with van der Waals surface area (Å²) in [4.78, 5) is 1.28. The number of nitrogens with zero attached hydrogens (tertiary/aromatic N) is 3. The van der Waals surface area contributed by atoms with Crippen molar-refractivity contribution < 1.29 is 21.4 Å². The number of sulfonamides is 1. The first-order valence-corrected chi connectivity index (χ1v) is 9.96. The largest absolute Gasteiger partial charge is 0.747 e. The Hall–Kier alpha value is -2.34. The van der Waals surface area contributed by atoms with Crippen molar-refractivity contribution in [2.75, 3.05) is 17.8 Å². The maximum Gasteiger partial charge on any atom is 0.238 e. The molecule has 2 aromatic rings. The zero-order valence-electron chi connectivity index (χ0n) is 13.1. The number of azo groups is 1. The van der Waals surface area contributed by atoms with Crippen LogP contribution < -0.4 is 10.0 Å². The molecule has 0 aliphatic carbocycles. The van der Waals surface area contributed by atoms with Crippen LogP contribution in [0.2, 0.25) is 0 Å². The standard InChI is InChI=1S/C14H16N4O5S2/c1-18(10-24(19,20)21)13-6-2-11(3-7-13)16-17-12-4-8-14(9-5-12)25(15,22)23/h2-9H,10H2,1H3,(H2,15,22,23)(H,19,20,21)/p-1. The van der Waals surface area contributed by atoms with Crippen molar-refractivity contribution in [3.8, 4) is 0 Å². The van der Waals surface area contributed by atoms with Crippen LogP contribution in [0.25, 0.3) is 0 Å². The molecule has 0 bridgehead atoms. The predicted octanol–water partition coefficient (Wildman–Crippen LogP) is 1.69. The van der Waals surface area contributed by atoms with E-state index in [2.05, 4.69) is 10.2 Å². The van der Waals surface area contributed by atoms with Gasteiger partial charge in [0.2, 0.25) is 10.0 Å². The van der Waals surface area contributed by atoms with Gasteiger partial charge in [0.1, 0.15) is 16.0 Å². The number of nitrogens with two attached hydrogens (primary N) is 1. The zero-order chi connectivity index (χ0) is 18.7. The maximum absolute atomic E-state index is 11.2. The van der Waals surface area contributed by atoms with Crippen molar-refractivity contribution >= 4 is 37.2 Å². The number of anilines is 1. The van der Waals surface area contributed by atoms with Crippen LogP contribution in [0.1, 0.15) is 0 Å². The van der Waals surface area contributed by atoms with E-state index in [-0.39, 0.29) is 4.90 Å². The molecule has 0 heterocycles. The smallest absolute Gasteiger partial charge is 0.238 e. The monoisotopic (exact) mass is 383 g/mol. The van der Waals surface area contributed by atoms with Crippen LogP contribution in [-0.2, 0) is 20.1 Å². The Morgan fingerprint density at radius 3 is 1.76 bits per heavy atom. The van der Waals surface area contributed by atoms with Gasteiger partial charge in [0, 0.05) is 12.7 Å². The summed E-state index contributed by atoms with van der Waals surface area (Å²) in [6.45, 7) is 0. The predicted molar refractivity (Wildman–Crippen MR) is 91.4 cm³/mol. The summed E-state index contributed by atoms with van der Waals surface area (Å²) in [5.41, 5.74) is 1.47. The fourth-order valence-electron chi connectivity index (χ4n) is 1.90. The van der Waals surface area contributed by atoms with Crippen LogP contribution >= 0.6 is 0 Å². The first-order valence-electron chi connectivity index (χ1n) is 6.84. The van der Waals surface area contributed by atoms with Gasteiger partial charge in [0.15, 0.2) is 0 Å². The highest BCUT2D eigenvalue weighted by molar-refractivity contribution is 7.89. The second kappa shape index (κ2) is 7.27. The van der Waals surface area contributed by atoms with Gasteiger partial charge in [-0.15, -0.1) is 0 Å². The molecule has 11 heteroatoms. The minimum atomic E-state index is -4.36. The molecule has 2 aromatic carbocycles. The molecule has 134 valence electrons. The van der Waals surface area contributed by atoms with E-state index in [4.69, 9.17) is 5.14 Å². The molecule has 0 saturated carbocycles. The van der Waals surface area contributed by atoms with E-state index in [9.17, 15) is 21.4 Å². The van der Waals surface area contributed by atoms with Gasteiger partial charge in [0.25, 0.3) is 0 Å². The molecule has 0 unspecified atom stereocenters. The van der Waals surface area contributed by atoms with E-state index in [1.165, 1.54) is 36.2 Å². The van der Waals surface area contributed by atoms with Crippen LogP contribution in [-0.4, -0.2) is 34.3 Å². The Labute approximate surface area is 145 Å². The molecule has 0 aromatic heterocycles. The Kier molecular flexibility index (Phi) is 5.52. The molecule has 0 amide bonds. The number of primary sulfonamides is 1. The Balaban J connectivity index is 2.09. The van der Waals surface area contributed by atoms with Gasteiger partial charge < -0.3 is 9.45 Å². The Bertz CT molecular complexity index is 969. The molecule has 0 aliphatic rings. The first-order chi connectivity index (χ1) is 11.5. The number of hydrogen-bond acceptors (Lipinski definition) is 8. The lowest BCUT2D eigenvalue weighted by molar-refractivity contribution is 0.462. The summed E-state index contributed by atoms with van der Waals surface area (Å²) in [5, 5.41) is 13.0. The van der Waals surface area contributed by atoms with E-state index in [1.54, 1.807) is 24.3 Å². The van der Waals surface area contributed by atoms with Crippen LogP contribution in [0.5, 0.6) is 0 Å².